The Balaban J connectivity index is 2.18. The second kappa shape index (κ2) is 5.41. The minimum Gasteiger partial charge on any atom is -0.321 e. The van der Waals surface area contributed by atoms with Crippen LogP contribution in [0.3, 0.4) is 0 Å². The van der Waals surface area contributed by atoms with E-state index in [4.69, 9.17) is 11.6 Å². The Morgan fingerprint density at radius 2 is 2.17 bits per heavy atom. The molecule has 18 heavy (non-hydrogen) atoms. The number of halogens is 3. The van der Waals surface area contributed by atoms with Gasteiger partial charge in [-0.1, -0.05) is 11.6 Å². The van der Waals surface area contributed by atoms with Crippen LogP contribution in [0.4, 0.5) is 10.1 Å². The molecule has 0 spiro atoms. The van der Waals surface area contributed by atoms with Gasteiger partial charge in [-0.3, -0.25) is 4.79 Å². The summed E-state index contributed by atoms with van der Waals surface area (Å²) in [5.74, 6) is -1.16. The van der Waals surface area contributed by atoms with Crippen LogP contribution < -0.4 is 5.32 Å². The average Bonchev–Trinajstić information content (AvgIpc) is 2.34. The predicted octanol–water partition coefficient (Wildman–Crippen LogP) is 3.28. The zero-order valence-corrected chi connectivity index (χ0v) is 11.2. The van der Waals surface area contributed by atoms with E-state index in [9.17, 15) is 9.18 Å². The number of nitrogens with zero attached hydrogens (tertiary/aromatic N) is 2. The van der Waals surface area contributed by atoms with Crippen LogP contribution >= 0.6 is 27.5 Å². The average molecular weight is 331 g/mol. The molecule has 0 atom stereocenters. The molecule has 0 aliphatic heterocycles. The molecule has 92 valence electrons. The largest absolute Gasteiger partial charge is 0.321 e. The summed E-state index contributed by atoms with van der Waals surface area (Å²) < 4.78 is 13.4. The van der Waals surface area contributed by atoms with Gasteiger partial charge in [-0.15, -0.1) is 0 Å². The second-order valence-corrected chi connectivity index (χ2v) is 4.53. The number of carbonyl (C=O) groups is 1. The molecule has 2 aromatic rings. The van der Waals surface area contributed by atoms with E-state index >= 15 is 0 Å². The Hall–Kier alpha value is -1.53. The minimum absolute atomic E-state index is 0.175. The first-order valence-electron chi connectivity index (χ1n) is 4.80. The number of anilines is 1. The van der Waals surface area contributed by atoms with Crippen molar-refractivity contribution in [2.24, 2.45) is 0 Å². The van der Waals surface area contributed by atoms with E-state index in [-0.39, 0.29) is 5.56 Å². The molecule has 0 fully saturated rings. The number of hydrogen-bond acceptors (Lipinski definition) is 3. The van der Waals surface area contributed by atoms with Gasteiger partial charge in [0.05, 0.1) is 16.4 Å². The molecule has 0 aliphatic carbocycles. The van der Waals surface area contributed by atoms with E-state index in [1.54, 1.807) is 6.07 Å². The van der Waals surface area contributed by atoms with Gasteiger partial charge < -0.3 is 5.32 Å². The Kier molecular flexibility index (Phi) is 3.88. The van der Waals surface area contributed by atoms with E-state index in [2.05, 4.69) is 31.2 Å². The molecule has 0 radical (unpaired) electrons. The van der Waals surface area contributed by atoms with Crippen LogP contribution in [0.15, 0.2) is 35.1 Å². The zero-order chi connectivity index (χ0) is 13.1. The lowest BCUT2D eigenvalue weighted by Gasteiger charge is -2.05. The van der Waals surface area contributed by atoms with Crippen molar-refractivity contribution in [3.8, 4) is 0 Å². The number of amides is 1. The lowest BCUT2D eigenvalue weighted by Crippen LogP contribution is -2.12. The van der Waals surface area contributed by atoms with Crippen LogP contribution in [-0.4, -0.2) is 15.9 Å². The van der Waals surface area contributed by atoms with E-state index in [0.717, 1.165) is 6.07 Å². The SMILES string of the molecule is O=C(Nc1cnc(Cl)c(Br)c1)c1ccnc(F)c1. The molecule has 1 N–H and O–H groups in total. The highest BCUT2D eigenvalue weighted by molar-refractivity contribution is 9.10. The van der Waals surface area contributed by atoms with Crippen molar-refractivity contribution in [1.82, 2.24) is 9.97 Å². The molecule has 7 heteroatoms. The fourth-order valence-corrected chi connectivity index (χ4v) is 1.69. The predicted molar refractivity (Wildman–Crippen MR) is 69.1 cm³/mol. The molecule has 2 rings (SSSR count). The van der Waals surface area contributed by atoms with Gasteiger partial charge in [-0.25, -0.2) is 9.97 Å². The Morgan fingerprint density at radius 3 is 2.83 bits per heavy atom. The summed E-state index contributed by atoms with van der Waals surface area (Å²) in [5.41, 5.74) is 0.627. The molecular weight excluding hydrogens is 324 g/mol. The highest BCUT2D eigenvalue weighted by Gasteiger charge is 2.08. The summed E-state index contributed by atoms with van der Waals surface area (Å²) >= 11 is 8.91. The molecular formula is C11H6BrClFN3O. The van der Waals surface area contributed by atoms with Crippen LogP contribution in [0.1, 0.15) is 10.4 Å². The topological polar surface area (TPSA) is 54.9 Å². The third-order valence-electron chi connectivity index (χ3n) is 2.04. The van der Waals surface area contributed by atoms with Crippen LogP contribution in [0, 0.1) is 5.95 Å². The maximum Gasteiger partial charge on any atom is 0.255 e. The first-order chi connectivity index (χ1) is 8.56. The standard InChI is InChI=1S/C11H6BrClFN3O/c12-8-4-7(5-16-10(8)13)17-11(18)6-1-2-15-9(14)3-6/h1-5H,(H,17,18). The number of carbonyl (C=O) groups excluding carboxylic acids is 1. The maximum absolute atomic E-state index is 12.9. The van der Waals surface area contributed by atoms with Crippen molar-refractivity contribution >= 4 is 39.1 Å². The van der Waals surface area contributed by atoms with Crippen LogP contribution in [0.25, 0.3) is 0 Å². The van der Waals surface area contributed by atoms with Gasteiger partial charge in [0.1, 0.15) is 5.15 Å². The summed E-state index contributed by atoms with van der Waals surface area (Å²) in [4.78, 5) is 19.0. The van der Waals surface area contributed by atoms with Gasteiger partial charge in [0.15, 0.2) is 0 Å². The number of aromatic nitrogens is 2. The summed E-state index contributed by atoms with van der Waals surface area (Å²) in [5, 5.41) is 2.86. The molecule has 0 aromatic carbocycles. The van der Waals surface area contributed by atoms with Gasteiger partial charge in [0, 0.05) is 17.8 Å². The smallest absolute Gasteiger partial charge is 0.255 e. The lowest BCUT2D eigenvalue weighted by molar-refractivity contribution is 0.102. The Bertz CT molecular complexity index is 609. The minimum atomic E-state index is -0.710. The number of hydrogen-bond donors (Lipinski definition) is 1. The fourth-order valence-electron chi connectivity index (χ4n) is 1.24. The first-order valence-corrected chi connectivity index (χ1v) is 5.97. The van der Waals surface area contributed by atoms with E-state index in [1.807, 2.05) is 0 Å². The first kappa shape index (κ1) is 12.9. The monoisotopic (exact) mass is 329 g/mol. The summed E-state index contributed by atoms with van der Waals surface area (Å²) in [6.45, 7) is 0. The van der Waals surface area contributed by atoms with Crippen LogP contribution in [0.5, 0.6) is 0 Å². The maximum atomic E-state index is 12.9. The van der Waals surface area contributed by atoms with Crippen molar-refractivity contribution in [2.45, 2.75) is 0 Å². The van der Waals surface area contributed by atoms with Crippen molar-refractivity contribution in [3.05, 3.63) is 51.7 Å². The summed E-state index contributed by atoms with van der Waals surface area (Å²) in [6, 6.07) is 4.06. The molecule has 0 saturated carbocycles. The Morgan fingerprint density at radius 1 is 1.39 bits per heavy atom. The third kappa shape index (κ3) is 3.02. The Labute approximate surface area is 115 Å². The summed E-state index contributed by atoms with van der Waals surface area (Å²) in [6.07, 6.45) is 2.63. The van der Waals surface area contributed by atoms with Crippen molar-refractivity contribution < 1.29 is 9.18 Å². The number of pyridine rings is 2. The second-order valence-electron chi connectivity index (χ2n) is 3.32. The van der Waals surface area contributed by atoms with Gasteiger partial charge in [-0.2, -0.15) is 4.39 Å². The van der Waals surface area contributed by atoms with Gasteiger partial charge in [0.25, 0.3) is 5.91 Å². The number of nitrogens with one attached hydrogen (secondary N) is 1. The zero-order valence-electron chi connectivity index (χ0n) is 8.82. The highest BCUT2D eigenvalue weighted by Crippen LogP contribution is 2.23. The molecule has 0 aliphatic rings. The van der Waals surface area contributed by atoms with Crippen LogP contribution in [0.2, 0.25) is 5.15 Å². The van der Waals surface area contributed by atoms with Crippen molar-refractivity contribution in [2.75, 3.05) is 5.32 Å². The molecule has 0 saturated heterocycles. The normalized spacial score (nSPS) is 10.2. The molecule has 0 bridgehead atoms. The molecule has 2 aromatic heterocycles. The molecule has 1 amide bonds. The quantitative estimate of drug-likeness (QED) is 0.860. The fraction of sp³-hybridized carbons (Fsp3) is 0. The van der Waals surface area contributed by atoms with Gasteiger partial charge in [-0.05, 0) is 28.1 Å². The van der Waals surface area contributed by atoms with E-state index < -0.39 is 11.9 Å². The molecule has 2 heterocycles. The van der Waals surface area contributed by atoms with Crippen molar-refractivity contribution in [3.63, 3.8) is 0 Å². The molecule has 0 unspecified atom stereocenters. The van der Waals surface area contributed by atoms with Crippen LogP contribution in [-0.2, 0) is 0 Å². The summed E-state index contributed by atoms with van der Waals surface area (Å²) in [7, 11) is 0. The highest BCUT2D eigenvalue weighted by atomic mass is 79.9. The van der Waals surface area contributed by atoms with Gasteiger partial charge in [0.2, 0.25) is 5.95 Å². The van der Waals surface area contributed by atoms with Gasteiger partial charge >= 0.3 is 0 Å². The van der Waals surface area contributed by atoms with E-state index in [1.165, 1.54) is 18.5 Å². The molecule has 4 nitrogen and oxygen atoms in total. The lowest BCUT2D eigenvalue weighted by atomic mass is 10.2. The number of rotatable bonds is 2. The third-order valence-corrected chi connectivity index (χ3v) is 3.18. The van der Waals surface area contributed by atoms with Crippen molar-refractivity contribution in [1.29, 1.82) is 0 Å². The van der Waals surface area contributed by atoms with E-state index in [0.29, 0.717) is 15.3 Å².